The molecule has 0 saturated carbocycles. The van der Waals surface area contributed by atoms with Crippen LogP contribution in [0.1, 0.15) is 19.4 Å². The first-order valence-electron chi connectivity index (χ1n) is 12.4. The molecule has 0 fully saturated rings. The summed E-state index contributed by atoms with van der Waals surface area (Å²) in [5.41, 5.74) is 6.93. The Morgan fingerprint density at radius 1 is 0.865 bits per heavy atom. The van der Waals surface area contributed by atoms with Crippen LogP contribution in [0.25, 0.3) is 22.4 Å². The van der Waals surface area contributed by atoms with Crippen LogP contribution in [0.4, 0.5) is 25.8 Å². The predicted molar refractivity (Wildman–Crippen MR) is 145 cm³/mol. The lowest BCUT2D eigenvalue weighted by molar-refractivity contribution is 0.296. The number of aromatic nitrogens is 2. The molecule has 2 aliphatic rings. The van der Waals surface area contributed by atoms with Gasteiger partial charge in [0.25, 0.3) is 0 Å². The number of hydrogen-bond acceptors (Lipinski definition) is 4. The lowest BCUT2D eigenvalue weighted by Gasteiger charge is -2.20. The van der Waals surface area contributed by atoms with Crippen molar-refractivity contribution in [2.24, 2.45) is 12.0 Å². The molecule has 3 aromatic rings. The highest BCUT2D eigenvalue weighted by molar-refractivity contribution is 5.82. The average Bonchev–Trinajstić information content (AvgIpc) is 2.90. The zero-order valence-corrected chi connectivity index (χ0v) is 21.2. The van der Waals surface area contributed by atoms with E-state index in [0.717, 1.165) is 53.4 Å². The molecule has 0 unspecified atom stereocenters. The maximum atomic E-state index is 13.5. The summed E-state index contributed by atoms with van der Waals surface area (Å²) in [6.45, 7) is 7.19. The monoisotopic (exact) mass is 497 g/mol. The van der Waals surface area contributed by atoms with Gasteiger partial charge in [0, 0.05) is 19.3 Å². The van der Waals surface area contributed by atoms with Crippen molar-refractivity contribution in [1.29, 1.82) is 0 Å². The molecular formula is C30H29F2N5. The number of nitrogens with zero attached hydrogens (tertiary/aromatic N) is 4. The van der Waals surface area contributed by atoms with Gasteiger partial charge in [-0.2, -0.15) is 0 Å². The van der Waals surface area contributed by atoms with Gasteiger partial charge in [0.2, 0.25) is 0 Å². The molecule has 0 bridgehead atoms. The first-order valence-corrected chi connectivity index (χ1v) is 12.4. The van der Waals surface area contributed by atoms with Crippen molar-refractivity contribution in [1.82, 2.24) is 14.5 Å². The van der Waals surface area contributed by atoms with Crippen LogP contribution in [0, 0.1) is 11.6 Å². The van der Waals surface area contributed by atoms with Crippen LogP contribution in [0.3, 0.4) is 0 Å². The number of halogens is 2. The van der Waals surface area contributed by atoms with E-state index in [1.807, 2.05) is 19.2 Å². The van der Waals surface area contributed by atoms with Crippen LogP contribution in [-0.2, 0) is 13.6 Å². The van der Waals surface area contributed by atoms with Crippen molar-refractivity contribution in [3.63, 3.8) is 0 Å². The van der Waals surface area contributed by atoms with Crippen molar-refractivity contribution in [3.05, 3.63) is 101 Å². The number of fused-ring (bicyclic) bond motifs is 2. The second-order valence-electron chi connectivity index (χ2n) is 9.03. The minimum Gasteiger partial charge on any atom is -0.354 e. The Bertz CT molecular complexity index is 1570. The van der Waals surface area contributed by atoms with Gasteiger partial charge in [-0.1, -0.05) is 19.9 Å². The van der Waals surface area contributed by atoms with E-state index in [2.05, 4.69) is 46.8 Å². The summed E-state index contributed by atoms with van der Waals surface area (Å²) in [5.74, 6) is -0.620. The summed E-state index contributed by atoms with van der Waals surface area (Å²) in [7, 11) is 2.02. The largest absolute Gasteiger partial charge is 0.354 e. The van der Waals surface area contributed by atoms with Gasteiger partial charge in [0.1, 0.15) is 11.6 Å². The summed E-state index contributed by atoms with van der Waals surface area (Å²) in [6.07, 6.45) is 0. The number of benzene rings is 4. The summed E-state index contributed by atoms with van der Waals surface area (Å²) in [6, 6.07) is 22.6. The van der Waals surface area contributed by atoms with Crippen molar-refractivity contribution in [2.75, 3.05) is 18.4 Å². The second kappa shape index (κ2) is 10.5. The zero-order chi connectivity index (χ0) is 25.9. The molecule has 0 aromatic heterocycles. The molecule has 188 valence electrons. The molecule has 1 N–H and O–H groups in total. The molecule has 0 amide bonds. The highest BCUT2D eigenvalue weighted by Gasteiger charge is 2.15. The van der Waals surface area contributed by atoms with Crippen LogP contribution in [-0.4, -0.2) is 27.5 Å². The Morgan fingerprint density at radius 3 is 2.22 bits per heavy atom. The Labute approximate surface area is 215 Å². The van der Waals surface area contributed by atoms with Crippen LogP contribution in [0.2, 0.25) is 0 Å². The molecule has 5 nitrogen and oxygen atoms in total. The fourth-order valence-electron chi connectivity index (χ4n) is 4.47. The van der Waals surface area contributed by atoms with Crippen LogP contribution in [0.15, 0.2) is 83.9 Å². The minimum atomic E-state index is -0.315. The molecule has 1 aliphatic carbocycles. The summed E-state index contributed by atoms with van der Waals surface area (Å²) >= 11 is 0. The highest BCUT2D eigenvalue weighted by atomic mass is 19.1. The fourth-order valence-corrected chi connectivity index (χ4v) is 4.47. The second-order valence-corrected chi connectivity index (χ2v) is 9.03. The number of rotatable bonds is 7. The van der Waals surface area contributed by atoms with E-state index in [1.54, 1.807) is 24.3 Å². The maximum absolute atomic E-state index is 13.5. The van der Waals surface area contributed by atoms with E-state index in [1.165, 1.54) is 29.8 Å². The molecule has 5 rings (SSSR count). The molecule has 0 radical (unpaired) electrons. The number of anilines is 2. The number of aryl methyl sites for hydroxylation is 1. The molecule has 3 aromatic carbocycles. The quantitative estimate of drug-likeness (QED) is 0.252. The Kier molecular flexibility index (Phi) is 6.97. The van der Waals surface area contributed by atoms with E-state index < -0.39 is 0 Å². The Balaban J connectivity index is 1.67. The van der Waals surface area contributed by atoms with E-state index in [-0.39, 0.29) is 11.6 Å². The Hall–Kier alpha value is -4.10. The first kappa shape index (κ1) is 24.6. The Morgan fingerprint density at radius 2 is 1.54 bits per heavy atom. The summed E-state index contributed by atoms with van der Waals surface area (Å²) < 4.78 is 29.1. The first-order chi connectivity index (χ1) is 17.9. The summed E-state index contributed by atoms with van der Waals surface area (Å²) in [5, 5.41) is 4.02. The van der Waals surface area contributed by atoms with Gasteiger partial charge < -0.3 is 9.88 Å². The SMILES string of the molecule is CCN(CC)Cc1ccc2c(c1)nc1cc(Nc3ccc(F)cc3)c(=Nc3ccc(F)cc3)cc-1n2C. The van der Waals surface area contributed by atoms with E-state index >= 15 is 0 Å². The highest BCUT2D eigenvalue weighted by Crippen LogP contribution is 2.28. The lowest BCUT2D eigenvalue weighted by Crippen LogP contribution is -2.22. The maximum Gasteiger partial charge on any atom is 0.123 e. The molecule has 37 heavy (non-hydrogen) atoms. The third-order valence-corrected chi connectivity index (χ3v) is 6.60. The molecule has 7 heteroatoms. The van der Waals surface area contributed by atoms with Crippen LogP contribution < -0.4 is 10.7 Å². The minimum absolute atomic E-state index is 0.305. The topological polar surface area (TPSA) is 45.5 Å². The van der Waals surface area contributed by atoms with Gasteiger partial charge in [-0.05, 0) is 91.4 Å². The zero-order valence-electron chi connectivity index (χ0n) is 21.2. The smallest absolute Gasteiger partial charge is 0.123 e. The third kappa shape index (κ3) is 5.37. The number of hydrogen-bond donors (Lipinski definition) is 1. The van der Waals surface area contributed by atoms with Crippen molar-refractivity contribution < 1.29 is 8.78 Å². The fraction of sp³-hybridized carbons (Fsp3) is 0.200. The van der Waals surface area contributed by atoms with Crippen LogP contribution >= 0.6 is 0 Å². The number of nitrogens with one attached hydrogen (secondary N) is 1. The van der Waals surface area contributed by atoms with E-state index in [0.29, 0.717) is 11.0 Å². The van der Waals surface area contributed by atoms with E-state index in [9.17, 15) is 8.78 Å². The van der Waals surface area contributed by atoms with Gasteiger partial charge in [0.15, 0.2) is 0 Å². The van der Waals surface area contributed by atoms with Gasteiger partial charge in [-0.15, -0.1) is 0 Å². The standard InChI is InChI=1S/C30H29F2N5/c1-4-37(5-2)19-20-6-15-29-27(16-20)35-28-17-25(33-23-11-7-21(31)8-12-23)26(18-30(28)36(29)3)34-24-13-9-22(32)10-14-24/h6-18,33H,4-5,19H2,1-3H3. The molecule has 0 atom stereocenters. The third-order valence-electron chi connectivity index (χ3n) is 6.60. The van der Waals surface area contributed by atoms with Gasteiger partial charge in [-0.25, -0.2) is 18.8 Å². The van der Waals surface area contributed by atoms with Crippen molar-refractivity contribution in [3.8, 4) is 11.4 Å². The van der Waals surface area contributed by atoms with Crippen LogP contribution in [0.5, 0.6) is 0 Å². The van der Waals surface area contributed by atoms with Gasteiger partial charge in [-0.3, -0.25) is 4.90 Å². The molecule has 1 heterocycles. The van der Waals surface area contributed by atoms with Gasteiger partial charge >= 0.3 is 0 Å². The molecule has 0 spiro atoms. The molecule has 0 saturated heterocycles. The van der Waals surface area contributed by atoms with E-state index in [4.69, 9.17) is 9.98 Å². The average molecular weight is 498 g/mol. The van der Waals surface area contributed by atoms with Gasteiger partial charge in [0.05, 0.1) is 39.2 Å². The summed E-state index contributed by atoms with van der Waals surface area (Å²) in [4.78, 5) is 12.2. The van der Waals surface area contributed by atoms with Crippen molar-refractivity contribution in [2.45, 2.75) is 20.4 Å². The molecule has 1 aliphatic heterocycles. The molecular weight excluding hydrogens is 468 g/mol. The lowest BCUT2D eigenvalue weighted by atomic mass is 10.1. The normalized spacial score (nSPS) is 12.1. The van der Waals surface area contributed by atoms with Crippen molar-refractivity contribution >= 4 is 28.1 Å². The predicted octanol–water partition coefficient (Wildman–Crippen LogP) is 6.77.